The maximum atomic E-state index is 12.3. The molecule has 0 spiro atoms. The number of amides is 1. The Balaban J connectivity index is 0.000000352. The third-order valence-corrected chi connectivity index (χ3v) is 5.72. The van der Waals surface area contributed by atoms with Gasteiger partial charge in [0, 0.05) is 32.2 Å². The first-order valence-electron chi connectivity index (χ1n) is 9.02. The molecule has 0 unspecified atom stereocenters. The van der Waals surface area contributed by atoms with E-state index in [9.17, 15) is 4.79 Å². The van der Waals surface area contributed by atoms with E-state index in [1.807, 2.05) is 22.4 Å². The number of carbonyl (C=O) groups excluding carboxylic acids is 1. The van der Waals surface area contributed by atoms with Crippen LogP contribution in [-0.4, -0.2) is 70.1 Å². The van der Waals surface area contributed by atoms with Crippen LogP contribution < -0.4 is 0 Å². The van der Waals surface area contributed by atoms with Crippen LogP contribution in [0.5, 0.6) is 0 Å². The van der Waals surface area contributed by atoms with Gasteiger partial charge in [0.15, 0.2) is 0 Å². The maximum absolute atomic E-state index is 12.3. The van der Waals surface area contributed by atoms with Crippen LogP contribution in [0.1, 0.15) is 48.2 Å². The first-order chi connectivity index (χ1) is 12.5. The number of hydrogen-bond donors (Lipinski definition) is 2. The van der Waals surface area contributed by atoms with E-state index >= 15 is 0 Å². The highest BCUT2D eigenvalue weighted by Gasteiger charge is 2.27. The van der Waals surface area contributed by atoms with Crippen molar-refractivity contribution >= 4 is 29.2 Å². The summed E-state index contributed by atoms with van der Waals surface area (Å²) in [4.78, 5) is 36.1. The Bertz CT molecular complexity index is 577. The molecule has 2 heterocycles. The summed E-state index contributed by atoms with van der Waals surface area (Å²) in [7, 11) is 0. The third kappa shape index (κ3) is 6.10. The lowest BCUT2D eigenvalue weighted by molar-refractivity contribution is -0.159. The minimum atomic E-state index is -1.82. The SMILES string of the molecule is O=C(O)C(=O)O.O=C(c1cccs1)N1CCN(C2CCCCCC2)CC1. The van der Waals surface area contributed by atoms with Crippen molar-refractivity contribution in [1.82, 2.24) is 9.80 Å². The first kappa shape index (κ1) is 20.4. The minimum Gasteiger partial charge on any atom is -0.473 e. The monoisotopic (exact) mass is 382 g/mol. The maximum Gasteiger partial charge on any atom is 0.414 e. The van der Waals surface area contributed by atoms with Gasteiger partial charge in [0.1, 0.15) is 0 Å². The number of rotatable bonds is 2. The van der Waals surface area contributed by atoms with E-state index in [1.54, 1.807) is 11.3 Å². The lowest BCUT2D eigenvalue weighted by Gasteiger charge is -2.39. The predicted molar refractivity (Wildman–Crippen MR) is 98.6 cm³/mol. The molecule has 3 rings (SSSR count). The summed E-state index contributed by atoms with van der Waals surface area (Å²) in [6.45, 7) is 3.91. The lowest BCUT2D eigenvalue weighted by Crippen LogP contribution is -2.51. The average molecular weight is 382 g/mol. The van der Waals surface area contributed by atoms with Crippen LogP contribution in [-0.2, 0) is 9.59 Å². The molecule has 1 amide bonds. The second-order valence-electron chi connectivity index (χ2n) is 6.56. The van der Waals surface area contributed by atoms with Gasteiger partial charge in [-0.05, 0) is 24.3 Å². The van der Waals surface area contributed by atoms with Crippen molar-refractivity contribution in [2.75, 3.05) is 26.2 Å². The molecule has 1 saturated carbocycles. The number of carboxylic acids is 2. The summed E-state index contributed by atoms with van der Waals surface area (Å²) in [6.07, 6.45) is 8.32. The summed E-state index contributed by atoms with van der Waals surface area (Å²) in [5, 5.41) is 16.8. The second-order valence-corrected chi connectivity index (χ2v) is 7.51. The van der Waals surface area contributed by atoms with Crippen LogP contribution in [0.3, 0.4) is 0 Å². The Morgan fingerprint density at radius 1 is 0.923 bits per heavy atom. The number of carboxylic acid groups (broad SMARTS) is 2. The van der Waals surface area contributed by atoms with Gasteiger partial charge in [-0.3, -0.25) is 9.69 Å². The molecule has 2 aliphatic rings. The minimum absolute atomic E-state index is 0.223. The molecule has 7 nitrogen and oxygen atoms in total. The lowest BCUT2D eigenvalue weighted by atomic mass is 10.1. The van der Waals surface area contributed by atoms with Gasteiger partial charge < -0.3 is 15.1 Å². The molecule has 0 aromatic carbocycles. The molecule has 2 fully saturated rings. The van der Waals surface area contributed by atoms with E-state index in [-0.39, 0.29) is 5.91 Å². The summed E-state index contributed by atoms with van der Waals surface area (Å²) in [6, 6.07) is 4.67. The summed E-state index contributed by atoms with van der Waals surface area (Å²) in [5.74, 6) is -3.43. The van der Waals surface area contributed by atoms with Crippen molar-refractivity contribution in [3.8, 4) is 0 Å². The zero-order valence-electron chi connectivity index (χ0n) is 14.8. The Morgan fingerprint density at radius 2 is 1.50 bits per heavy atom. The largest absolute Gasteiger partial charge is 0.473 e. The van der Waals surface area contributed by atoms with Gasteiger partial charge >= 0.3 is 11.9 Å². The standard InChI is InChI=1S/C16H24N2OS.C2H2O4/c19-16(15-8-5-13-20-15)18-11-9-17(10-12-18)14-6-3-1-2-4-7-14;3-1(4)2(5)6/h5,8,13-14H,1-4,6-7,9-12H2;(H,3,4)(H,5,6). The van der Waals surface area contributed by atoms with E-state index in [0.717, 1.165) is 37.1 Å². The zero-order chi connectivity index (χ0) is 18.9. The number of carbonyl (C=O) groups is 3. The number of thiophene rings is 1. The molecule has 2 N–H and O–H groups in total. The molecule has 1 saturated heterocycles. The third-order valence-electron chi connectivity index (χ3n) is 4.86. The number of aliphatic carboxylic acids is 2. The highest BCUT2D eigenvalue weighted by atomic mass is 32.1. The Morgan fingerprint density at radius 3 is 1.96 bits per heavy atom. The van der Waals surface area contributed by atoms with E-state index in [1.165, 1.54) is 38.5 Å². The second kappa shape index (κ2) is 10.3. The van der Waals surface area contributed by atoms with Crippen molar-refractivity contribution < 1.29 is 24.6 Å². The van der Waals surface area contributed by atoms with Crippen LogP contribution in [0, 0.1) is 0 Å². The number of hydrogen-bond acceptors (Lipinski definition) is 5. The molecule has 1 aromatic heterocycles. The van der Waals surface area contributed by atoms with Crippen LogP contribution >= 0.6 is 11.3 Å². The number of piperazine rings is 1. The van der Waals surface area contributed by atoms with Gasteiger partial charge in [0.05, 0.1) is 4.88 Å². The summed E-state index contributed by atoms with van der Waals surface area (Å²) >= 11 is 1.55. The zero-order valence-corrected chi connectivity index (χ0v) is 15.6. The van der Waals surface area contributed by atoms with E-state index in [0.29, 0.717) is 0 Å². The molecule has 0 radical (unpaired) electrons. The highest BCUT2D eigenvalue weighted by Crippen LogP contribution is 2.23. The van der Waals surface area contributed by atoms with Gasteiger partial charge in [0.25, 0.3) is 5.91 Å². The van der Waals surface area contributed by atoms with E-state index in [2.05, 4.69) is 4.90 Å². The van der Waals surface area contributed by atoms with Crippen molar-refractivity contribution in [1.29, 1.82) is 0 Å². The molecule has 0 bridgehead atoms. The van der Waals surface area contributed by atoms with E-state index in [4.69, 9.17) is 19.8 Å². The van der Waals surface area contributed by atoms with Crippen molar-refractivity contribution in [2.45, 2.75) is 44.6 Å². The molecule has 1 aromatic rings. The summed E-state index contributed by atoms with van der Waals surface area (Å²) < 4.78 is 0. The highest BCUT2D eigenvalue weighted by molar-refractivity contribution is 7.12. The van der Waals surface area contributed by atoms with Gasteiger partial charge in [0.2, 0.25) is 0 Å². The van der Waals surface area contributed by atoms with Gasteiger partial charge in [-0.25, -0.2) is 9.59 Å². The predicted octanol–water partition coefficient (Wildman–Crippen LogP) is 2.38. The fourth-order valence-corrected chi connectivity index (χ4v) is 4.16. The van der Waals surface area contributed by atoms with E-state index < -0.39 is 11.9 Å². The molecule has 26 heavy (non-hydrogen) atoms. The Kier molecular flexibility index (Phi) is 8.06. The van der Waals surface area contributed by atoms with Crippen molar-refractivity contribution in [2.24, 2.45) is 0 Å². The smallest absolute Gasteiger partial charge is 0.414 e. The summed E-state index contributed by atoms with van der Waals surface area (Å²) in [5.41, 5.74) is 0. The molecule has 144 valence electrons. The van der Waals surface area contributed by atoms with Crippen LogP contribution in [0.25, 0.3) is 0 Å². The Hall–Kier alpha value is -1.93. The average Bonchev–Trinajstić information content (AvgIpc) is 3.04. The van der Waals surface area contributed by atoms with Crippen LogP contribution in [0.2, 0.25) is 0 Å². The normalized spacial score (nSPS) is 19.2. The fraction of sp³-hybridized carbons (Fsp3) is 0.611. The van der Waals surface area contributed by atoms with Gasteiger partial charge in [-0.1, -0.05) is 31.7 Å². The van der Waals surface area contributed by atoms with Crippen LogP contribution in [0.15, 0.2) is 17.5 Å². The molecular weight excluding hydrogens is 356 g/mol. The molecule has 0 atom stereocenters. The number of nitrogens with zero attached hydrogens (tertiary/aromatic N) is 2. The first-order valence-corrected chi connectivity index (χ1v) is 9.90. The van der Waals surface area contributed by atoms with Gasteiger partial charge in [-0.2, -0.15) is 0 Å². The molecular formula is C18H26N2O5S. The van der Waals surface area contributed by atoms with Crippen molar-refractivity contribution in [3.63, 3.8) is 0 Å². The molecule has 1 aliphatic heterocycles. The quantitative estimate of drug-likeness (QED) is 0.602. The molecule has 8 heteroatoms. The van der Waals surface area contributed by atoms with Gasteiger partial charge in [-0.15, -0.1) is 11.3 Å². The molecule has 1 aliphatic carbocycles. The Labute approximate surface area is 157 Å². The topological polar surface area (TPSA) is 98.1 Å². The van der Waals surface area contributed by atoms with Crippen molar-refractivity contribution in [3.05, 3.63) is 22.4 Å². The van der Waals surface area contributed by atoms with Crippen LogP contribution in [0.4, 0.5) is 0 Å². The fourth-order valence-electron chi connectivity index (χ4n) is 3.47.